The van der Waals surface area contributed by atoms with Gasteiger partial charge in [-0.05, 0) is 70.4 Å². The number of amides is 1. The standard InChI is InChI=1S/C20H20BrN5O3S/c1-11-3-5-13-16(7-11)30-19-18(13)20(28)26(25-24-19)10-17(27)23-22-9-12-4-6-15(29-2)14(21)8-12/h4,6,8-9,11H,3,5,7,10H2,1-2H3,(H,23,27)/b22-9-. The molecule has 1 N–H and O–H groups in total. The third kappa shape index (κ3) is 4.15. The maximum atomic E-state index is 12.9. The van der Waals surface area contributed by atoms with Crippen molar-refractivity contribution < 1.29 is 9.53 Å². The Bertz CT molecular complexity index is 1200. The van der Waals surface area contributed by atoms with Gasteiger partial charge in [0.2, 0.25) is 0 Å². The minimum Gasteiger partial charge on any atom is -0.496 e. The van der Waals surface area contributed by atoms with Gasteiger partial charge in [0.25, 0.3) is 11.5 Å². The largest absolute Gasteiger partial charge is 0.496 e. The van der Waals surface area contributed by atoms with E-state index in [0.29, 0.717) is 21.9 Å². The Morgan fingerprint density at radius 3 is 3.10 bits per heavy atom. The van der Waals surface area contributed by atoms with Gasteiger partial charge in [-0.1, -0.05) is 12.1 Å². The third-order valence-corrected chi connectivity index (χ3v) is 6.82. The zero-order chi connectivity index (χ0) is 21.3. The first kappa shape index (κ1) is 20.7. The zero-order valence-electron chi connectivity index (χ0n) is 16.5. The molecule has 156 valence electrons. The van der Waals surface area contributed by atoms with Crippen LogP contribution in [0.3, 0.4) is 0 Å². The van der Waals surface area contributed by atoms with Gasteiger partial charge in [-0.2, -0.15) is 5.10 Å². The number of rotatable bonds is 5. The smallest absolute Gasteiger partial charge is 0.279 e. The van der Waals surface area contributed by atoms with Crippen molar-refractivity contribution in [3.63, 3.8) is 0 Å². The lowest BCUT2D eigenvalue weighted by molar-refractivity contribution is -0.121. The highest BCUT2D eigenvalue weighted by Gasteiger charge is 2.24. The average molecular weight is 490 g/mol. The van der Waals surface area contributed by atoms with Gasteiger partial charge < -0.3 is 4.74 Å². The van der Waals surface area contributed by atoms with Gasteiger partial charge in [0.05, 0.1) is 23.2 Å². The molecule has 1 aliphatic rings. The van der Waals surface area contributed by atoms with Crippen LogP contribution < -0.4 is 15.7 Å². The van der Waals surface area contributed by atoms with E-state index in [1.165, 1.54) is 22.4 Å². The Hall–Kier alpha value is -2.59. The van der Waals surface area contributed by atoms with E-state index in [4.69, 9.17) is 4.74 Å². The Morgan fingerprint density at radius 2 is 2.33 bits per heavy atom. The molecule has 3 aromatic rings. The summed E-state index contributed by atoms with van der Waals surface area (Å²) < 4.78 is 7.06. The Labute approximate surface area is 185 Å². The molecule has 0 aliphatic heterocycles. The number of nitrogens with one attached hydrogen (secondary N) is 1. The molecule has 10 heteroatoms. The minimum absolute atomic E-state index is 0.244. The number of aryl methyl sites for hydroxylation is 1. The van der Waals surface area contributed by atoms with Gasteiger partial charge in [0.15, 0.2) is 4.83 Å². The van der Waals surface area contributed by atoms with Crippen molar-refractivity contribution in [3.8, 4) is 5.75 Å². The normalized spacial score (nSPS) is 16.0. The minimum atomic E-state index is -0.452. The summed E-state index contributed by atoms with van der Waals surface area (Å²) in [4.78, 5) is 27.0. The fourth-order valence-electron chi connectivity index (χ4n) is 3.51. The maximum Gasteiger partial charge on any atom is 0.279 e. The highest BCUT2D eigenvalue weighted by atomic mass is 79.9. The van der Waals surface area contributed by atoms with E-state index in [1.54, 1.807) is 13.2 Å². The molecule has 1 aliphatic carbocycles. The van der Waals surface area contributed by atoms with E-state index in [-0.39, 0.29) is 12.1 Å². The van der Waals surface area contributed by atoms with Gasteiger partial charge in [-0.15, -0.1) is 16.4 Å². The number of hydrogen-bond acceptors (Lipinski definition) is 7. The topological polar surface area (TPSA) is 98.5 Å². The molecule has 1 unspecified atom stereocenters. The molecule has 30 heavy (non-hydrogen) atoms. The van der Waals surface area contributed by atoms with Crippen molar-refractivity contribution >= 4 is 49.6 Å². The number of carbonyl (C=O) groups is 1. The predicted molar refractivity (Wildman–Crippen MR) is 119 cm³/mol. The van der Waals surface area contributed by atoms with E-state index >= 15 is 0 Å². The van der Waals surface area contributed by atoms with Crippen LogP contribution >= 0.6 is 27.3 Å². The molecular formula is C20H20BrN5O3S. The number of methoxy groups -OCH3 is 1. The van der Waals surface area contributed by atoms with E-state index in [1.807, 2.05) is 12.1 Å². The maximum absolute atomic E-state index is 12.9. The number of benzene rings is 1. The van der Waals surface area contributed by atoms with Gasteiger partial charge >= 0.3 is 0 Å². The van der Waals surface area contributed by atoms with E-state index in [0.717, 1.165) is 39.5 Å². The van der Waals surface area contributed by atoms with Crippen molar-refractivity contribution in [1.82, 2.24) is 20.4 Å². The first-order valence-electron chi connectivity index (χ1n) is 9.49. The summed E-state index contributed by atoms with van der Waals surface area (Å²) in [6, 6.07) is 5.42. The van der Waals surface area contributed by atoms with Gasteiger partial charge in [-0.25, -0.2) is 10.1 Å². The lowest BCUT2D eigenvalue weighted by Gasteiger charge is -2.17. The predicted octanol–water partition coefficient (Wildman–Crippen LogP) is 2.90. The number of carbonyl (C=O) groups excluding carboxylic acids is 1. The van der Waals surface area contributed by atoms with Crippen molar-refractivity contribution in [2.45, 2.75) is 32.7 Å². The van der Waals surface area contributed by atoms with Crippen LogP contribution in [0.5, 0.6) is 5.75 Å². The molecule has 1 atom stereocenters. The van der Waals surface area contributed by atoms with Crippen LogP contribution in [0.4, 0.5) is 0 Å². The summed E-state index contributed by atoms with van der Waals surface area (Å²) in [5, 5.41) is 12.7. The lowest BCUT2D eigenvalue weighted by atomic mass is 9.89. The summed E-state index contributed by atoms with van der Waals surface area (Å²) in [5.74, 6) is 0.859. The summed E-state index contributed by atoms with van der Waals surface area (Å²) in [6.45, 7) is 1.97. The summed E-state index contributed by atoms with van der Waals surface area (Å²) in [5.41, 5.74) is 4.00. The van der Waals surface area contributed by atoms with Crippen molar-refractivity contribution in [2.75, 3.05) is 7.11 Å². The molecule has 0 bridgehead atoms. The molecule has 2 heterocycles. The molecule has 0 saturated heterocycles. The molecule has 8 nitrogen and oxygen atoms in total. The Balaban J connectivity index is 1.47. The molecule has 1 amide bonds. The monoisotopic (exact) mass is 489 g/mol. The van der Waals surface area contributed by atoms with Crippen LogP contribution in [-0.2, 0) is 24.2 Å². The van der Waals surface area contributed by atoms with Crippen LogP contribution in [0.25, 0.3) is 10.2 Å². The number of hydrazone groups is 1. The van der Waals surface area contributed by atoms with Gasteiger partial charge in [-0.3, -0.25) is 9.59 Å². The molecule has 1 aromatic carbocycles. The van der Waals surface area contributed by atoms with E-state index < -0.39 is 5.91 Å². The molecule has 2 aromatic heterocycles. The molecular weight excluding hydrogens is 470 g/mol. The fourth-order valence-corrected chi connectivity index (χ4v) is 5.39. The van der Waals surface area contributed by atoms with Crippen LogP contribution in [0.1, 0.15) is 29.3 Å². The average Bonchev–Trinajstić information content (AvgIpc) is 3.08. The van der Waals surface area contributed by atoms with Crippen LogP contribution in [0, 0.1) is 5.92 Å². The van der Waals surface area contributed by atoms with Crippen LogP contribution in [0.15, 0.2) is 32.6 Å². The van der Waals surface area contributed by atoms with Gasteiger partial charge in [0, 0.05) is 4.88 Å². The van der Waals surface area contributed by atoms with Gasteiger partial charge in [0.1, 0.15) is 12.3 Å². The molecule has 0 radical (unpaired) electrons. The number of thiophene rings is 1. The highest BCUT2D eigenvalue weighted by molar-refractivity contribution is 9.10. The molecule has 0 fully saturated rings. The summed E-state index contributed by atoms with van der Waals surface area (Å²) in [6.07, 6.45) is 4.39. The SMILES string of the molecule is COc1ccc(/C=N\NC(=O)Cn2nnc3sc4c(c3c2=O)CCC(C)C4)cc1Br. The van der Waals surface area contributed by atoms with Crippen molar-refractivity contribution in [3.05, 3.63) is 49.0 Å². The molecule has 0 spiro atoms. The van der Waals surface area contributed by atoms with E-state index in [9.17, 15) is 9.59 Å². The number of hydrogen-bond donors (Lipinski definition) is 1. The highest BCUT2D eigenvalue weighted by Crippen LogP contribution is 2.35. The van der Waals surface area contributed by atoms with Crippen molar-refractivity contribution in [1.29, 1.82) is 0 Å². The second kappa shape index (κ2) is 8.65. The van der Waals surface area contributed by atoms with Crippen molar-refractivity contribution in [2.24, 2.45) is 11.0 Å². The Kier molecular flexibility index (Phi) is 5.96. The summed E-state index contributed by atoms with van der Waals surface area (Å²) >= 11 is 4.94. The number of nitrogens with zero attached hydrogens (tertiary/aromatic N) is 4. The second-order valence-electron chi connectivity index (χ2n) is 7.27. The number of ether oxygens (including phenoxy) is 1. The van der Waals surface area contributed by atoms with Crippen LogP contribution in [-0.4, -0.2) is 34.2 Å². The first-order valence-corrected chi connectivity index (χ1v) is 11.1. The Morgan fingerprint density at radius 1 is 1.50 bits per heavy atom. The third-order valence-electron chi connectivity index (χ3n) is 5.06. The zero-order valence-corrected chi connectivity index (χ0v) is 18.9. The number of fused-ring (bicyclic) bond motifs is 3. The number of aromatic nitrogens is 3. The molecule has 0 saturated carbocycles. The quantitative estimate of drug-likeness (QED) is 0.438. The van der Waals surface area contributed by atoms with E-state index in [2.05, 4.69) is 43.7 Å². The number of halogens is 1. The second-order valence-corrected chi connectivity index (χ2v) is 9.21. The first-order chi connectivity index (χ1) is 14.5. The lowest BCUT2D eigenvalue weighted by Crippen LogP contribution is -2.32. The fraction of sp³-hybridized carbons (Fsp3) is 0.350. The van der Waals surface area contributed by atoms with Crippen LogP contribution in [0.2, 0.25) is 0 Å². The summed E-state index contributed by atoms with van der Waals surface area (Å²) in [7, 11) is 1.59. The molecule has 4 rings (SSSR count).